The van der Waals surface area contributed by atoms with E-state index in [0.717, 1.165) is 18.9 Å². The number of fused-ring (bicyclic) bond motifs is 7. The zero-order valence-corrected chi connectivity index (χ0v) is 24.7. The van der Waals surface area contributed by atoms with E-state index in [1.54, 1.807) is 13.8 Å². The number of hydrogen-bond acceptors (Lipinski definition) is 6. The number of aliphatic hydroxyl groups excluding tert-OH is 1. The SMILES string of the molecule is C[C@@H]1C[C@H]2[C@@H]3C[C@H](F)C4=CC(=O)C=C[C@]4(C)[C@@]3(F)[C@@H](O)C[C@]2(C)[C@@]1(OC(=O)O[C@H]1C[C@@H]2CC[C@@]1(C)C2(C)C)C(=O)O. The van der Waals surface area contributed by atoms with Gasteiger partial charge < -0.3 is 19.7 Å². The van der Waals surface area contributed by atoms with Crippen LogP contribution in [0, 0.1) is 45.3 Å². The molecule has 9 heteroatoms. The number of rotatable bonds is 3. The minimum absolute atomic E-state index is 0.00375. The van der Waals surface area contributed by atoms with Gasteiger partial charge in [0.15, 0.2) is 11.5 Å². The van der Waals surface area contributed by atoms with E-state index in [2.05, 4.69) is 20.8 Å². The van der Waals surface area contributed by atoms with Crippen molar-refractivity contribution < 1.29 is 42.9 Å². The Hall–Kier alpha value is -2.29. The highest BCUT2D eigenvalue weighted by Crippen LogP contribution is 2.72. The second kappa shape index (κ2) is 8.42. The highest BCUT2D eigenvalue weighted by atomic mass is 19.1. The molecule has 6 aliphatic carbocycles. The quantitative estimate of drug-likeness (QED) is 0.412. The molecule has 0 aromatic heterocycles. The van der Waals surface area contributed by atoms with E-state index in [1.807, 2.05) is 0 Å². The maximum atomic E-state index is 17.5. The van der Waals surface area contributed by atoms with Gasteiger partial charge in [-0.15, -0.1) is 0 Å². The predicted octanol–water partition coefficient (Wildman–Crippen LogP) is 5.74. The lowest BCUT2D eigenvalue weighted by atomic mass is 9.44. The van der Waals surface area contributed by atoms with Crippen LogP contribution >= 0.6 is 0 Å². The van der Waals surface area contributed by atoms with Crippen LogP contribution in [0.3, 0.4) is 0 Å². The number of carbonyl (C=O) groups excluding carboxylic acids is 2. The van der Waals surface area contributed by atoms with Gasteiger partial charge in [-0.2, -0.15) is 0 Å². The number of ether oxygens (including phenoxy) is 2. The predicted molar refractivity (Wildman–Crippen MR) is 144 cm³/mol. The summed E-state index contributed by atoms with van der Waals surface area (Å²) in [5.74, 6) is -3.96. The fourth-order valence-corrected chi connectivity index (χ4v) is 10.8. The number of aliphatic hydroxyl groups is 1. The van der Waals surface area contributed by atoms with E-state index < -0.39 is 76.1 Å². The molecule has 0 heterocycles. The summed E-state index contributed by atoms with van der Waals surface area (Å²) in [6.07, 6.45) is 1.04. The average molecular weight is 577 g/mol. The van der Waals surface area contributed by atoms with Crippen molar-refractivity contribution in [3.63, 3.8) is 0 Å². The molecule has 5 fully saturated rings. The summed E-state index contributed by atoms with van der Waals surface area (Å²) in [6.45, 7) is 11.2. The Morgan fingerprint density at radius 3 is 2.32 bits per heavy atom. The number of alkyl halides is 2. The summed E-state index contributed by atoms with van der Waals surface area (Å²) >= 11 is 0. The summed E-state index contributed by atoms with van der Waals surface area (Å²) in [4.78, 5) is 38.7. The van der Waals surface area contributed by atoms with Crippen molar-refractivity contribution >= 4 is 17.9 Å². The Balaban J connectivity index is 1.35. The van der Waals surface area contributed by atoms with Gasteiger partial charge in [0.1, 0.15) is 12.3 Å². The number of halogens is 2. The molecule has 0 aliphatic heterocycles. The van der Waals surface area contributed by atoms with Gasteiger partial charge in [-0.1, -0.05) is 40.7 Å². The highest BCUT2D eigenvalue weighted by molar-refractivity contribution is 6.01. The summed E-state index contributed by atoms with van der Waals surface area (Å²) in [7, 11) is 0. The third-order valence-electron chi connectivity index (χ3n) is 13.7. The van der Waals surface area contributed by atoms with Gasteiger partial charge in [0, 0.05) is 28.1 Å². The first-order valence-electron chi connectivity index (χ1n) is 15.0. The third-order valence-corrected chi connectivity index (χ3v) is 13.7. The molecular formula is C32H42F2O7. The zero-order chi connectivity index (χ0) is 30.1. The first kappa shape index (κ1) is 28.8. The van der Waals surface area contributed by atoms with Crippen LogP contribution in [0.1, 0.15) is 80.1 Å². The van der Waals surface area contributed by atoms with E-state index in [4.69, 9.17) is 9.47 Å². The molecule has 6 aliphatic rings. The molecule has 0 unspecified atom stereocenters. The van der Waals surface area contributed by atoms with Gasteiger partial charge >= 0.3 is 12.1 Å². The summed E-state index contributed by atoms with van der Waals surface area (Å²) in [6, 6.07) is 0. The number of allylic oxidation sites excluding steroid dienone is 4. The van der Waals surface area contributed by atoms with Gasteiger partial charge in [0.05, 0.1) is 6.10 Å². The molecule has 226 valence electrons. The van der Waals surface area contributed by atoms with Crippen molar-refractivity contribution in [3.8, 4) is 0 Å². The molecule has 6 rings (SSSR count). The van der Waals surface area contributed by atoms with Crippen molar-refractivity contribution in [1.29, 1.82) is 0 Å². The number of ketones is 1. The number of carboxylic acids is 1. The van der Waals surface area contributed by atoms with Crippen LogP contribution in [0.5, 0.6) is 0 Å². The van der Waals surface area contributed by atoms with Crippen molar-refractivity contribution in [2.75, 3.05) is 0 Å². The molecule has 0 aromatic rings. The number of carboxylic acid groups (broad SMARTS) is 1. The van der Waals surface area contributed by atoms with Crippen LogP contribution in [0.4, 0.5) is 13.6 Å². The number of aliphatic carboxylic acids is 1. The third kappa shape index (κ3) is 3.19. The molecule has 0 amide bonds. The average Bonchev–Trinajstić information content (AvgIpc) is 3.32. The topological polar surface area (TPSA) is 110 Å². The Morgan fingerprint density at radius 2 is 1.73 bits per heavy atom. The Kier molecular flexibility index (Phi) is 5.91. The minimum Gasteiger partial charge on any atom is -0.478 e. The largest absolute Gasteiger partial charge is 0.509 e. The fraction of sp³-hybridized carbons (Fsp3) is 0.781. The summed E-state index contributed by atoms with van der Waals surface area (Å²) in [5.41, 5.74) is -7.73. The molecule has 0 saturated heterocycles. The molecule has 41 heavy (non-hydrogen) atoms. The first-order valence-corrected chi connectivity index (χ1v) is 15.0. The molecule has 7 nitrogen and oxygen atoms in total. The van der Waals surface area contributed by atoms with Crippen LogP contribution in [-0.2, 0) is 19.1 Å². The lowest BCUT2D eigenvalue weighted by Gasteiger charge is -2.62. The van der Waals surface area contributed by atoms with Crippen LogP contribution < -0.4 is 0 Å². The molecule has 2 bridgehead atoms. The van der Waals surface area contributed by atoms with E-state index in [9.17, 15) is 24.6 Å². The van der Waals surface area contributed by atoms with Crippen molar-refractivity contribution in [1.82, 2.24) is 0 Å². The monoisotopic (exact) mass is 576 g/mol. The zero-order valence-electron chi connectivity index (χ0n) is 24.7. The molecule has 0 spiro atoms. The highest BCUT2D eigenvalue weighted by Gasteiger charge is 2.79. The van der Waals surface area contributed by atoms with E-state index in [0.29, 0.717) is 12.3 Å². The molecule has 5 saturated carbocycles. The van der Waals surface area contributed by atoms with E-state index in [1.165, 1.54) is 19.1 Å². The van der Waals surface area contributed by atoms with Crippen LogP contribution in [0.2, 0.25) is 0 Å². The van der Waals surface area contributed by atoms with E-state index >= 15 is 8.78 Å². The van der Waals surface area contributed by atoms with E-state index in [-0.39, 0.29) is 35.7 Å². The van der Waals surface area contributed by atoms with Crippen LogP contribution in [-0.4, -0.2) is 57.8 Å². The second-order valence-electron chi connectivity index (χ2n) is 15.1. The number of carbonyl (C=O) groups is 3. The maximum Gasteiger partial charge on any atom is 0.509 e. The molecule has 0 radical (unpaired) electrons. The van der Waals surface area contributed by atoms with Gasteiger partial charge in [-0.05, 0) is 80.4 Å². The van der Waals surface area contributed by atoms with Gasteiger partial charge in [-0.25, -0.2) is 18.4 Å². The molecule has 12 atom stereocenters. The van der Waals surface area contributed by atoms with Gasteiger partial charge in [-0.3, -0.25) is 4.79 Å². The Morgan fingerprint density at radius 1 is 1.05 bits per heavy atom. The lowest BCUT2D eigenvalue weighted by Crippen LogP contribution is -2.71. The Bertz CT molecular complexity index is 1280. The summed E-state index contributed by atoms with van der Waals surface area (Å²) < 4.78 is 45.0. The minimum atomic E-state index is -2.35. The standard InChI is InChI=1S/C32H42F2O7/c1-16-11-19-20-14-22(33)21-13-18(35)8-10-28(21,4)31(20,34)23(36)15-30(19,6)32(16,25(37)38)41-26(39)40-24-12-17-7-9-29(24,5)27(17,2)3/h8,10,13,16-17,19-20,22-24,36H,7,9,11-12,14-15H2,1-6H3,(H,37,38)/t16-,17+,19+,20+,22+,23+,24+,28+,29-,30+,31+,32+/m1/s1. The van der Waals surface area contributed by atoms with Gasteiger partial charge in [0.25, 0.3) is 0 Å². The van der Waals surface area contributed by atoms with Crippen LogP contribution in [0.15, 0.2) is 23.8 Å². The van der Waals surface area contributed by atoms with Gasteiger partial charge in [0.2, 0.25) is 5.60 Å². The first-order chi connectivity index (χ1) is 18.9. The summed E-state index contributed by atoms with van der Waals surface area (Å²) in [5, 5.41) is 22.3. The number of hydrogen-bond donors (Lipinski definition) is 2. The second-order valence-corrected chi connectivity index (χ2v) is 15.1. The molecular weight excluding hydrogens is 534 g/mol. The fourth-order valence-electron chi connectivity index (χ4n) is 10.8. The normalized spacial score (nSPS) is 52.8. The molecule has 2 N–H and O–H groups in total. The molecule has 0 aromatic carbocycles. The lowest BCUT2D eigenvalue weighted by molar-refractivity contribution is -0.232. The van der Waals surface area contributed by atoms with Crippen molar-refractivity contribution in [2.45, 2.75) is 110 Å². The van der Waals surface area contributed by atoms with Crippen molar-refractivity contribution in [2.24, 2.45) is 45.3 Å². The van der Waals surface area contributed by atoms with Crippen molar-refractivity contribution in [3.05, 3.63) is 23.8 Å². The maximum absolute atomic E-state index is 17.5. The Labute approximate surface area is 239 Å². The van der Waals surface area contributed by atoms with Crippen LogP contribution in [0.25, 0.3) is 0 Å². The smallest absolute Gasteiger partial charge is 0.478 e.